The topological polar surface area (TPSA) is 26.3 Å². The van der Waals surface area contributed by atoms with E-state index in [0.717, 1.165) is 0 Å². The van der Waals surface area contributed by atoms with E-state index >= 15 is 0 Å². The molecule has 2 nitrogen and oxygen atoms in total. The number of hydrogen-bond acceptors (Lipinski definition) is 2. The number of carbonyl (C=O) groups excluding carboxylic acids is 1. The molecule has 0 amide bonds. The fourth-order valence-corrected chi connectivity index (χ4v) is 0.228. The van der Waals surface area contributed by atoms with Crippen molar-refractivity contribution in [2.75, 3.05) is 7.11 Å². The van der Waals surface area contributed by atoms with Gasteiger partial charge in [0.15, 0.2) is 0 Å². The predicted molar refractivity (Wildman–Crippen MR) is 31.7 cm³/mol. The van der Waals surface area contributed by atoms with Crippen molar-refractivity contribution in [2.24, 2.45) is 0 Å². The lowest BCUT2D eigenvalue weighted by atomic mass is 9.98. The van der Waals surface area contributed by atoms with Crippen LogP contribution in [0.2, 0.25) is 6.32 Å². The van der Waals surface area contributed by atoms with Crippen LogP contribution in [0.25, 0.3) is 0 Å². The summed E-state index contributed by atoms with van der Waals surface area (Å²) in [4.78, 5) is 10.3. The van der Waals surface area contributed by atoms with Crippen LogP contribution in [0.5, 0.6) is 0 Å². The Morgan fingerprint density at radius 3 is 2.50 bits per heavy atom. The van der Waals surface area contributed by atoms with E-state index in [2.05, 4.69) is 11.3 Å². The Hall–Kier alpha value is -0.725. The molecule has 42 valence electrons. The first-order valence-electron chi connectivity index (χ1n) is 2.18. The predicted octanol–water partition coefficient (Wildman–Crippen LogP) is 0.302. The Balaban J connectivity index is 3.64. The van der Waals surface area contributed by atoms with Gasteiger partial charge in [-0.05, 0) is 0 Å². The molecule has 0 N–H and O–H groups in total. The van der Waals surface area contributed by atoms with Crippen LogP contribution in [-0.2, 0) is 9.53 Å². The zero-order valence-corrected chi connectivity index (χ0v) is 4.81. The van der Waals surface area contributed by atoms with Gasteiger partial charge in [-0.25, -0.2) is 4.79 Å². The minimum absolute atomic E-state index is 0.159. The van der Waals surface area contributed by atoms with Crippen LogP contribution in [0.3, 0.4) is 0 Å². The SMILES string of the molecule is [B]CC(=C)C(=O)OC. The molecule has 0 aromatic heterocycles. The molecule has 8 heavy (non-hydrogen) atoms. The van der Waals surface area contributed by atoms with E-state index in [9.17, 15) is 4.79 Å². The van der Waals surface area contributed by atoms with Crippen molar-refractivity contribution in [3.05, 3.63) is 12.2 Å². The van der Waals surface area contributed by atoms with Gasteiger partial charge in [-0.1, -0.05) is 12.9 Å². The molecule has 0 spiro atoms. The summed E-state index contributed by atoms with van der Waals surface area (Å²) in [5.74, 6) is -0.438. The highest BCUT2D eigenvalue weighted by Gasteiger charge is 2.00. The highest BCUT2D eigenvalue weighted by atomic mass is 16.5. The summed E-state index contributed by atoms with van der Waals surface area (Å²) in [6.45, 7) is 3.34. The minimum Gasteiger partial charge on any atom is -0.466 e. The first-order valence-corrected chi connectivity index (χ1v) is 2.18. The summed E-state index contributed by atoms with van der Waals surface area (Å²) in [6, 6.07) is 0. The number of carbonyl (C=O) groups is 1. The van der Waals surface area contributed by atoms with Crippen molar-refractivity contribution in [1.29, 1.82) is 0 Å². The number of ether oxygens (including phenoxy) is 1. The van der Waals surface area contributed by atoms with Gasteiger partial charge in [0.1, 0.15) is 0 Å². The first-order chi connectivity index (χ1) is 3.72. The van der Waals surface area contributed by atoms with E-state index in [0.29, 0.717) is 5.57 Å². The van der Waals surface area contributed by atoms with Gasteiger partial charge in [0.25, 0.3) is 0 Å². The lowest BCUT2D eigenvalue weighted by molar-refractivity contribution is -0.135. The monoisotopic (exact) mass is 110 g/mol. The third kappa shape index (κ3) is 1.82. The van der Waals surface area contributed by atoms with Gasteiger partial charge in [0.05, 0.1) is 15.0 Å². The van der Waals surface area contributed by atoms with Crippen LogP contribution in [0, 0.1) is 0 Å². The highest BCUT2D eigenvalue weighted by molar-refractivity contribution is 6.14. The second kappa shape index (κ2) is 3.30. The Kier molecular flexibility index (Phi) is 3.00. The van der Waals surface area contributed by atoms with Gasteiger partial charge in [-0.15, -0.1) is 0 Å². The molecule has 0 aliphatic carbocycles. The molecule has 0 saturated heterocycles. The van der Waals surface area contributed by atoms with Gasteiger partial charge >= 0.3 is 5.97 Å². The van der Waals surface area contributed by atoms with Gasteiger partial charge < -0.3 is 4.74 Å². The third-order valence-corrected chi connectivity index (χ3v) is 0.720. The van der Waals surface area contributed by atoms with Crippen LogP contribution in [0.1, 0.15) is 0 Å². The molecule has 0 rings (SSSR count). The Bertz CT molecular complexity index is 95.0. The average Bonchev–Trinajstić information content (AvgIpc) is 1.84. The largest absolute Gasteiger partial charge is 0.466 e. The fourth-order valence-electron chi connectivity index (χ4n) is 0.228. The van der Waals surface area contributed by atoms with Crippen molar-refractivity contribution in [1.82, 2.24) is 0 Å². The smallest absolute Gasteiger partial charge is 0.332 e. The molecule has 0 aromatic carbocycles. The van der Waals surface area contributed by atoms with Gasteiger partial charge in [-0.2, -0.15) is 0 Å². The number of esters is 1. The summed E-state index contributed by atoms with van der Waals surface area (Å²) in [6.07, 6.45) is 0.159. The van der Waals surface area contributed by atoms with Gasteiger partial charge in [-0.3, -0.25) is 0 Å². The zero-order chi connectivity index (χ0) is 6.57. The van der Waals surface area contributed by atoms with E-state index in [4.69, 9.17) is 7.85 Å². The summed E-state index contributed by atoms with van der Waals surface area (Å²) >= 11 is 0. The van der Waals surface area contributed by atoms with Gasteiger partial charge in [0, 0.05) is 5.57 Å². The minimum atomic E-state index is -0.438. The lowest BCUT2D eigenvalue weighted by Gasteiger charge is -1.96. The Morgan fingerprint density at radius 1 is 1.88 bits per heavy atom. The number of hydrogen-bond donors (Lipinski definition) is 0. The van der Waals surface area contributed by atoms with E-state index in [1.54, 1.807) is 0 Å². The summed E-state index contributed by atoms with van der Waals surface area (Å²) < 4.78 is 4.28. The Morgan fingerprint density at radius 2 is 2.38 bits per heavy atom. The molecule has 0 aliphatic heterocycles. The molecule has 0 atom stereocenters. The normalized spacial score (nSPS) is 8.12. The maximum atomic E-state index is 10.3. The molecule has 0 bridgehead atoms. The van der Waals surface area contributed by atoms with Crippen molar-refractivity contribution in [3.8, 4) is 0 Å². The quantitative estimate of drug-likeness (QED) is 0.290. The third-order valence-electron chi connectivity index (χ3n) is 0.720. The first kappa shape index (κ1) is 7.27. The van der Waals surface area contributed by atoms with Gasteiger partial charge in [0.2, 0.25) is 0 Å². The van der Waals surface area contributed by atoms with E-state index in [1.165, 1.54) is 7.11 Å². The van der Waals surface area contributed by atoms with E-state index in [-0.39, 0.29) is 6.32 Å². The molecule has 0 unspecified atom stereocenters. The zero-order valence-electron chi connectivity index (χ0n) is 4.81. The van der Waals surface area contributed by atoms with Crippen LogP contribution >= 0.6 is 0 Å². The number of methoxy groups -OCH3 is 1. The fraction of sp³-hybridized carbons (Fsp3) is 0.400. The van der Waals surface area contributed by atoms with Crippen molar-refractivity contribution >= 4 is 13.8 Å². The summed E-state index contributed by atoms with van der Waals surface area (Å²) in [5.41, 5.74) is 0.299. The summed E-state index contributed by atoms with van der Waals surface area (Å²) in [7, 11) is 6.34. The van der Waals surface area contributed by atoms with E-state index in [1.807, 2.05) is 0 Å². The Labute approximate surface area is 49.9 Å². The average molecular weight is 110 g/mol. The van der Waals surface area contributed by atoms with Crippen LogP contribution < -0.4 is 0 Å². The summed E-state index contributed by atoms with van der Waals surface area (Å²) in [5, 5.41) is 0. The maximum Gasteiger partial charge on any atom is 0.332 e. The molecular weight excluding hydrogens is 103 g/mol. The van der Waals surface area contributed by atoms with E-state index < -0.39 is 5.97 Å². The van der Waals surface area contributed by atoms with Crippen LogP contribution in [0.15, 0.2) is 12.2 Å². The van der Waals surface area contributed by atoms with Crippen molar-refractivity contribution in [3.63, 3.8) is 0 Å². The molecule has 0 saturated carbocycles. The van der Waals surface area contributed by atoms with Crippen molar-refractivity contribution < 1.29 is 9.53 Å². The molecular formula is C5H7BO2. The second-order valence-electron chi connectivity index (χ2n) is 1.30. The molecule has 0 fully saturated rings. The maximum absolute atomic E-state index is 10.3. The standard InChI is InChI=1S/C5H7BO2/c1-4(3-6)5(7)8-2/h1,3H2,2H3. The molecule has 0 heterocycles. The highest BCUT2D eigenvalue weighted by Crippen LogP contribution is 1.95. The van der Waals surface area contributed by atoms with Crippen LogP contribution in [-0.4, -0.2) is 20.9 Å². The van der Waals surface area contributed by atoms with Crippen molar-refractivity contribution in [2.45, 2.75) is 6.32 Å². The molecule has 3 heteroatoms. The molecule has 0 aliphatic rings. The number of rotatable bonds is 2. The van der Waals surface area contributed by atoms with Crippen LogP contribution in [0.4, 0.5) is 0 Å². The second-order valence-corrected chi connectivity index (χ2v) is 1.30. The lowest BCUT2D eigenvalue weighted by Crippen LogP contribution is -2.02. The molecule has 0 aromatic rings. The molecule has 2 radical (unpaired) electrons.